The van der Waals surface area contributed by atoms with Crippen LogP contribution < -0.4 is 10.6 Å². The van der Waals surface area contributed by atoms with Gasteiger partial charge in [0, 0.05) is 23.5 Å². The zero-order valence-corrected chi connectivity index (χ0v) is 13.7. The molecule has 0 spiro atoms. The third kappa shape index (κ3) is 3.60. The summed E-state index contributed by atoms with van der Waals surface area (Å²) in [6.07, 6.45) is 8.33. The molecule has 1 saturated carbocycles. The standard InChI is InChI=1S/C15H23BrN2S/c16-15-8-7-11(19-15)10-18-14-5-2-1-4-12(14)13-6-3-9-17-13/h7-8,12-14,17-18H,1-6,9-10H2. The minimum atomic E-state index is 0.713. The molecule has 4 heteroatoms. The lowest BCUT2D eigenvalue weighted by atomic mass is 9.79. The largest absolute Gasteiger partial charge is 0.314 e. The Bertz CT molecular complexity index is 401. The summed E-state index contributed by atoms with van der Waals surface area (Å²) in [5.74, 6) is 0.847. The minimum Gasteiger partial charge on any atom is -0.314 e. The van der Waals surface area contributed by atoms with Crippen LogP contribution in [0.25, 0.3) is 0 Å². The molecule has 0 amide bonds. The van der Waals surface area contributed by atoms with E-state index in [0.29, 0.717) is 6.04 Å². The monoisotopic (exact) mass is 342 g/mol. The van der Waals surface area contributed by atoms with E-state index in [1.807, 2.05) is 11.3 Å². The van der Waals surface area contributed by atoms with Crippen molar-refractivity contribution in [2.75, 3.05) is 6.54 Å². The number of hydrogen-bond donors (Lipinski definition) is 2. The van der Waals surface area contributed by atoms with Gasteiger partial charge in [0.1, 0.15) is 0 Å². The van der Waals surface area contributed by atoms with E-state index in [9.17, 15) is 0 Å². The Hall–Kier alpha value is 0.1000. The van der Waals surface area contributed by atoms with Gasteiger partial charge >= 0.3 is 0 Å². The van der Waals surface area contributed by atoms with Crippen molar-refractivity contribution >= 4 is 27.3 Å². The number of hydrogen-bond acceptors (Lipinski definition) is 3. The van der Waals surface area contributed by atoms with E-state index in [2.05, 4.69) is 38.7 Å². The number of halogens is 1. The molecule has 3 unspecified atom stereocenters. The second-order valence-corrected chi connectivity index (χ2v) is 8.39. The summed E-state index contributed by atoms with van der Waals surface area (Å²) in [6.45, 7) is 2.26. The summed E-state index contributed by atoms with van der Waals surface area (Å²) in [6, 6.07) is 5.87. The average Bonchev–Trinajstić information content (AvgIpc) is 3.08. The molecule has 1 aromatic rings. The van der Waals surface area contributed by atoms with E-state index in [1.54, 1.807) is 0 Å². The molecule has 2 nitrogen and oxygen atoms in total. The van der Waals surface area contributed by atoms with E-state index in [1.165, 1.54) is 53.7 Å². The van der Waals surface area contributed by atoms with Crippen LogP contribution in [0, 0.1) is 5.92 Å². The Balaban J connectivity index is 1.57. The Morgan fingerprint density at radius 3 is 2.84 bits per heavy atom. The van der Waals surface area contributed by atoms with Crippen LogP contribution in [0.1, 0.15) is 43.4 Å². The van der Waals surface area contributed by atoms with Crippen LogP contribution in [0.5, 0.6) is 0 Å². The van der Waals surface area contributed by atoms with Crippen LogP contribution >= 0.6 is 27.3 Å². The van der Waals surface area contributed by atoms with E-state index in [-0.39, 0.29) is 0 Å². The molecule has 19 heavy (non-hydrogen) atoms. The molecule has 3 rings (SSSR count). The predicted octanol–water partition coefficient (Wildman–Crippen LogP) is 3.91. The highest BCUT2D eigenvalue weighted by molar-refractivity contribution is 9.11. The van der Waals surface area contributed by atoms with Gasteiger partial charge in [-0.2, -0.15) is 0 Å². The fourth-order valence-corrected chi connectivity index (χ4v) is 5.08. The van der Waals surface area contributed by atoms with Crippen LogP contribution in [0.15, 0.2) is 15.9 Å². The first-order valence-electron chi connectivity index (χ1n) is 7.54. The number of nitrogens with one attached hydrogen (secondary N) is 2. The maximum atomic E-state index is 3.83. The fraction of sp³-hybridized carbons (Fsp3) is 0.733. The maximum absolute atomic E-state index is 3.83. The van der Waals surface area contributed by atoms with E-state index < -0.39 is 0 Å². The summed E-state index contributed by atoms with van der Waals surface area (Å²) in [5, 5.41) is 7.54. The molecule has 0 aromatic carbocycles. The van der Waals surface area contributed by atoms with Crippen molar-refractivity contribution in [1.82, 2.24) is 10.6 Å². The van der Waals surface area contributed by atoms with Gasteiger partial charge in [-0.25, -0.2) is 0 Å². The third-order valence-electron chi connectivity index (χ3n) is 4.60. The van der Waals surface area contributed by atoms with Crippen LogP contribution in [0.2, 0.25) is 0 Å². The molecule has 1 aromatic heterocycles. The molecule has 2 aliphatic rings. The smallest absolute Gasteiger partial charge is 0.0701 e. The van der Waals surface area contributed by atoms with Crippen LogP contribution in [0.4, 0.5) is 0 Å². The summed E-state index contributed by atoms with van der Waals surface area (Å²) >= 11 is 5.39. The Kier molecular flexibility index (Phi) is 4.96. The first kappa shape index (κ1) is 14.1. The lowest BCUT2D eigenvalue weighted by Crippen LogP contribution is -2.46. The highest BCUT2D eigenvalue weighted by Gasteiger charge is 2.32. The maximum Gasteiger partial charge on any atom is 0.0701 e. The van der Waals surface area contributed by atoms with Gasteiger partial charge in [-0.15, -0.1) is 11.3 Å². The van der Waals surface area contributed by atoms with E-state index in [4.69, 9.17) is 0 Å². The van der Waals surface area contributed by atoms with Crippen molar-refractivity contribution in [2.24, 2.45) is 5.92 Å². The average molecular weight is 343 g/mol. The van der Waals surface area contributed by atoms with Crippen molar-refractivity contribution in [3.8, 4) is 0 Å². The molecule has 2 fully saturated rings. The summed E-state index contributed by atoms with van der Waals surface area (Å²) < 4.78 is 1.24. The fourth-order valence-electron chi connectivity index (χ4n) is 3.65. The lowest BCUT2D eigenvalue weighted by Gasteiger charge is -2.36. The van der Waals surface area contributed by atoms with E-state index in [0.717, 1.165) is 18.5 Å². The summed E-state index contributed by atoms with van der Waals surface area (Å²) in [4.78, 5) is 1.44. The molecule has 0 bridgehead atoms. The van der Waals surface area contributed by atoms with Gasteiger partial charge in [0.05, 0.1) is 3.79 Å². The Morgan fingerprint density at radius 1 is 1.21 bits per heavy atom. The second kappa shape index (κ2) is 6.70. The van der Waals surface area contributed by atoms with Gasteiger partial charge in [0.2, 0.25) is 0 Å². The number of thiophene rings is 1. The second-order valence-electron chi connectivity index (χ2n) is 5.84. The van der Waals surface area contributed by atoms with Crippen LogP contribution in [0.3, 0.4) is 0 Å². The molecule has 1 saturated heterocycles. The molecule has 106 valence electrons. The van der Waals surface area contributed by atoms with Gasteiger partial charge in [-0.05, 0) is 66.2 Å². The first-order valence-corrected chi connectivity index (χ1v) is 9.15. The normalized spacial score (nSPS) is 31.7. The van der Waals surface area contributed by atoms with Crippen molar-refractivity contribution in [1.29, 1.82) is 0 Å². The quantitative estimate of drug-likeness (QED) is 0.866. The molecule has 3 atom stereocenters. The van der Waals surface area contributed by atoms with Crippen molar-refractivity contribution in [3.63, 3.8) is 0 Å². The number of rotatable bonds is 4. The van der Waals surface area contributed by atoms with Crippen molar-refractivity contribution in [3.05, 3.63) is 20.8 Å². The third-order valence-corrected chi connectivity index (χ3v) is 6.23. The summed E-state index contributed by atoms with van der Waals surface area (Å²) in [5.41, 5.74) is 0. The van der Waals surface area contributed by atoms with Gasteiger partial charge in [-0.3, -0.25) is 0 Å². The van der Waals surface area contributed by atoms with Gasteiger partial charge in [0.25, 0.3) is 0 Å². The summed E-state index contributed by atoms with van der Waals surface area (Å²) in [7, 11) is 0. The molecule has 0 radical (unpaired) electrons. The van der Waals surface area contributed by atoms with Gasteiger partial charge < -0.3 is 10.6 Å². The first-order chi connectivity index (χ1) is 9.33. The zero-order chi connectivity index (χ0) is 13.1. The minimum absolute atomic E-state index is 0.713. The molecular formula is C15H23BrN2S. The zero-order valence-electron chi connectivity index (χ0n) is 11.3. The lowest BCUT2D eigenvalue weighted by molar-refractivity contribution is 0.214. The Labute approximate surface area is 128 Å². The topological polar surface area (TPSA) is 24.1 Å². The molecule has 2 N–H and O–H groups in total. The molecule has 1 aliphatic carbocycles. The highest BCUT2D eigenvalue weighted by Crippen LogP contribution is 2.31. The van der Waals surface area contributed by atoms with Crippen molar-refractivity contribution < 1.29 is 0 Å². The van der Waals surface area contributed by atoms with Crippen LogP contribution in [-0.4, -0.2) is 18.6 Å². The Morgan fingerprint density at radius 2 is 2.11 bits per heavy atom. The molecule has 1 aliphatic heterocycles. The molecule has 2 heterocycles. The molecular weight excluding hydrogens is 320 g/mol. The van der Waals surface area contributed by atoms with Gasteiger partial charge in [0.15, 0.2) is 0 Å². The van der Waals surface area contributed by atoms with Gasteiger partial charge in [-0.1, -0.05) is 12.8 Å². The highest BCUT2D eigenvalue weighted by atomic mass is 79.9. The van der Waals surface area contributed by atoms with E-state index >= 15 is 0 Å². The van der Waals surface area contributed by atoms with Crippen molar-refractivity contribution in [2.45, 2.75) is 57.2 Å². The van der Waals surface area contributed by atoms with Crippen LogP contribution in [-0.2, 0) is 6.54 Å². The predicted molar refractivity (Wildman–Crippen MR) is 85.6 cm³/mol. The SMILES string of the molecule is Brc1ccc(CNC2CCCCC2C2CCCN2)s1.